The first-order valence-electron chi connectivity index (χ1n) is 4.17. The van der Waals surface area contributed by atoms with Crippen molar-refractivity contribution in [3.05, 3.63) is 38.3 Å². The maximum absolute atomic E-state index is 5.79. The van der Waals surface area contributed by atoms with Gasteiger partial charge in [-0.15, -0.1) is 11.8 Å². The molecule has 2 rings (SSSR count). The third-order valence-corrected chi connectivity index (χ3v) is 4.21. The number of aromatic amines is 1. The molecule has 1 heterocycles. The van der Waals surface area contributed by atoms with E-state index in [1.807, 2.05) is 24.3 Å². The Balaban J connectivity index is 1.99. The third kappa shape index (κ3) is 3.31. The number of nitrogens with zero attached hydrogens (tertiary/aromatic N) is 1. The molecular weight excluding hydrogens is 268 g/mol. The molecule has 0 spiro atoms. The average molecular weight is 275 g/mol. The fraction of sp³-hybridized carbons (Fsp3) is 0.111. The van der Waals surface area contributed by atoms with Crippen LogP contribution in [0.3, 0.4) is 0 Å². The highest BCUT2D eigenvalue weighted by atomic mass is 35.5. The van der Waals surface area contributed by atoms with Crippen molar-refractivity contribution in [3.8, 4) is 0 Å². The second-order valence-electron chi connectivity index (χ2n) is 2.75. The summed E-state index contributed by atoms with van der Waals surface area (Å²) in [6.45, 7) is 0. The predicted octanol–water partition coefficient (Wildman–Crippen LogP) is 4.15. The van der Waals surface area contributed by atoms with E-state index in [0.29, 0.717) is 0 Å². The summed E-state index contributed by atoms with van der Waals surface area (Å²) in [5.74, 6) is 0.833. The molecule has 0 unspecified atom stereocenters. The van der Waals surface area contributed by atoms with Crippen LogP contribution in [0, 0.1) is 3.95 Å². The fourth-order valence-corrected chi connectivity index (χ4v) is 2.95. The lowest BCUT2D eigenvalue weighted by Crippen LogP contribution is -1.78. The summed E-state index contributed by atoms with van der Waals surface area (Å²) < 4.78 is 0.724. The van der Waals surface area contributed by atoms with Crippen LogP contribution in [-0.2, 0) is 5.75 Å². The zero-order valence-electron chi connectivity index (χ0n) is 7.57. The van der Waals surface area contributed by atoms with Gasteiger partial charge in [0.05, 0.1) is 5.75 Å². The van der Waals surface area contributed by atoms with Gasteiger partial charge in [0.25, 0.3) is 0 Å². The quantitative estimate of drug-likeness (QED) is 0.673. The second kappa shape index (κ2) is 5.12. The fourth-order valence-electron chi connectivity index (χ4n) is 0.998. The van der Waals surface area contributed by atoms with Crippen molar-refractivity contribution >= 4 is 46.9 Å². The van der Waals surface area contributed by atoms with Crippen LogP contribution in [0.4, 0.5) is 0 Å². The average Bonchev–Trinajstić information content (AvgIpc) is 2.64. The molecule has 0 saturated carbocycles. The van der Waals surface area contributed by atoms with Gasteiger partial charge < -0.3 is 0 Å². The molecule has 0 amide bonds. The number of aromatic nitrogens is 2. The minimum absolute atomic E-state index is 0.724. The van der Waals surface area contributed by atoms with Crippen LogP contribution in [0.25, 0.3) is 0 Å². The molecule has 6 heteroatoms. The number of thioether (sulfide) groups is 1. The second-order valence-corrected chi connectivity index (χ2v) is 5.98. The largest absolute Gasteiger partial charge is 0.258 e. The van der Waals surface area contributed by atoms with Crippen LogP contribution >= 0.6 is 46.9 Å². The van der Waals surface area contributed by atoms with E-state index < -0.39 is 0 Å². The summed E-state index contributed by atoms with van der Waals surface area (Å²) in [6.07, 6.45) is 0. The Hall–Kier alpha value is -0.360. The number of rotatable bonds is 3. The van der Waals surface area contributed by atoms with Crippen LogP contribution in [0.15, 0.2) is 29.2 Å². The van der Waals surface area contributed by atoms with Crippen LogP contribution < -0.4 is 0 Å². The Morgan fingerprint density at radius 1 is 1.40 bits per heavy atom. The lowest BCUT2D eigenvalue weighted by atomic mass is 10.4. The number of halogens is 1. The van der Waals surface area contributed by atoms with Crippen molar-refractivity contribution in [2.45, 2.75) is 10.6 Å². The molecule has 0 aliphatic heterocycles. The molecule has 78 valence electrons. The third-order valence-electron chi connectivity index (χ3n) is 1.66. The molecule has 2 aromatic rings. The molecule has 0 saturated heterocycles. The molecule has 1 aromatic carbocycles. The first-order valence-corrected chi connectivity index (χ1v) is 6.75. The summed E-state index contributed by atoms with van der Waals surface area (Å²) in [6, 6.07) is 7.77. The highest BCUT2D eigenvalue weighted by Crippen LogP contribution is 2.24. The molecular formula is C9H7ClN2S3. The van der Waals surface area contributed by atoms with E-state index in [2.05, 4.69) is 10.2 Å². The van der Waals surface area contributed by atoms with E-state index >= 15 is 0 Å². The number of H-pyrrole nitrogens is 1. The van der Waals surface area contributed by atoms with E-state index in [0.717, 1.165) is 19.7 Å². The number of hydrogen-bond acceptors (Lipinski definition) is 4. The first kappa shape index (κ1) is 11.1. The van der Waals surface area contributed by atoms with Crippen molar-refractivity contribution in [2.24, 2.45) is 0 Å². The summed E-state index contributed by atoms with van der Waals surface area (Å²) in [5.41, 5.74) is 0. The van der Waals surface area contributed by atoms with Gasteiger partial charge in [-0.3, -0.25) is 5.10 Å². The van der Waals surface area contributed by atoms with Crippen molar-refractivity contribution in [1.29, 1.82) is 0 Å². The van der Waals surface area contributed by atoms with Gasteiger partial charge in [0.2, 0.25) is 0 Å². The zero-order valence-corrected chi connectivity index (χ0v) is 10.8. The van der Waals surface area contributed by atoms with Crippen molar-refractivity contribution < 1.29 is 0 Å². The van der Waals surface area contributed by atoms with Crippen molar-refractivity contribution in [1.82, 2.24) is 10.2 Å². The summed E-state index contributed by atoms with van der Waals surface area (Å²) in [5, 5.41) is 8.63. The van der Waals surface area contributed by atoms with Gasteiger partial charge in [0.1, 0.15) is 5.01 Å². The topological polar surface area (TPSA) is 28.7 Å². The molecule has 0 atom stereocenters. The lowest BCUT2D eigenvalue weighted by molar-refractivity contribution is 1.03. The highest BCUT2D eigenvalue weighted by molar-refractivity contribution is 7.98. The maximum atomic E-state index is 5.79. The molecule has 15 heavy (non-hydrogen) atoms. The Morgan fingerprint density at radius 2 is 2.13 bits per heavy atom. The van der Waals surface area contributed by atoms with E-state index in [1.54, 1.807) is 11.8 Å². The lowest BCUT2D eigenvalue weighted by Gasteiger charge is -1.98. The van der Waals surface area contributed by atoms with Gasteiger partial charge in [0.15, 0.2) is 3.95 Å². The minimum atomic E-state index is 0.724. The van der Waals surface area contributed by atoms with E-state index in [-0.39, 0.29) is 0 Å². The van der Waals surface area contributed by atoms with Gasteiger partial charge in [-0.05, 0) is 36.5 Å². The van der Waals surface area contributed by atoms with Crippen LogP contribution in [0.5, 0.6) is 0 Å². The van der Waals surface area contributed by atoms with Crippen molar-refractivity contribution in [2.75, 3.05) is 0 Å². The number of hydrogen-bond donors (Lipinski definition) is 1. The minimum Gasteiger partial charge on any atom is -0.258 e. The van der Waals surface area contributed by atoms with Crippen molar-refractivity contribution in [3.63, 3.8) is 0 Å². The van der Waals surface area contributed by atoms with Gasteiger partial charge in [-0.25, -0.2) is 0 Å². The van der Waals surface area contributed by atoms with Gasteiger partial charge in [-0.2, -0.15) is 5.10 Å². The Kier molecular flexibility index (Phi) is 3.80. The van der Waals surface area contributed by atoms with Gasteiger partial charge >= 0.3 is 0 Å². The zero-order chi connectivity index (χ0) is 10.7. The van der Waals surface area contributed by atoms with E-state index in [9.17, 15) is 0 Å². The molecule has 2 nitrogen and oxygen atoms in total. The van der Waals surface area contributed by atoms with E-state index in [4.69, 9.17) is 23.8 Å². The van der Waals surface area contributed by atoms with Gasteiger partial charge in [-0.1, -0.05) is 22.9 Å². The molecule has 1 aromatic heterocycles. The molecule has 0 aliphatic carbocycles. The molecule has 1 N–H and O–H groups in total. The molecule has 0 aliphatic rings. The molecule has 0 radical (unpaired) electrons. The number of nitrogens with one attached hydrogen (secondary N) is 1. The smallest absolute Gasteiger partial charge is 0.176 e. The van der Waals surface area contributed by atoms with Crippen LogP contribution in [0.2, 0.25) is 5.02 Å². The van der Waals surface area contributed by atoms with E-state index in [1.165, 1.54) is 16.2 Å². The highest BCUT2D eigenvalue weighted by Gasteiger charge is 1.99. The SMILES string of the molecule is S=c1[nH]nc(CSc2ccc(Cl)cc2)s1. The number of benzene rings is 1. The Morgan fingerprint density at radius 3 is 2.73 bits per heavy atom. The standard InChI is InChI=1S/C9H7ClN2S3/c10-6-1-3-7(4-2-6)14-5-8-11-12-9(13)15-8/h1-4H,5H2,(H,12,13). The molecule has 0 fully saturated rings. The summed E-state index contributed by atoms with van der Waals surface area (Å²) in [7, 11) is 0. The van der Waals surface area contributed by atoms with Gasteiger partial charge in [0, 0.05) is 9.92 Å². The predicted molar refractivity (Wildman–Crippen MR) is 68.3 cm³/mol. The van der Waals surface area contributed by atoms with Crippen LogP contribution in [0.1, 0.15) is 5.01 Å². The normalized spacial score (nSPS) is 10.5. The monoisotopic (exact) mass is 274 g/mol. The summed E-state index contributed by atoms with van der Waals surface area (Å²) >= 11 is 14.0. The summed E-state index contributed by atoms with van der Waals surface area (Å²) in [4.78, 5) is 1.18. The first-order chi connectivity index (χ1) is 7.24. The Bertz CT molecular complexity index is 489. The maximum Gasteiger partial charge on any atom is 0.176 e. The Labute approximate surface area is 106 Å². The van der Waals surface area contributed by atoms with Crippen LogP contribution in [-0.4, -0.2) is 10.2 Å². The molecule has 0 bridgehead atoms.